The molecule has 0 heterocycles. The summed E-state index contributed by atoms with van der Waals surface area (Å²) in [6, 6.07) is 12.0. The van der Waals surface area contributed by atoms with E-state index < -0.39 is 5.38 Å². The minimum atomic E-state index is -0.536. The number of rotatable bonds is 4. The highest BCUT2D eigenvalue weighted by Gasteiger charge is 2.17. The van der Waals surface area contributed by atoms with Crippen molar-refractivity contribution in [1.82, 2.24) is 0 Å². The van der Waals surface area contributed by atoms with E-state index >= 15 is 0 Å². The molecule has 2 aromatic carbocycles. The smallest absolute Gasteiger partial charge is 0.128 e. The predicted octanol–water partition coefficient (Wildman–Crippen LogP) is 5.32. The van der Waals surface area contributed by atoms with E-state index in [2.05, 4.69) is 15.9 Å². The first kappa shape index (κ1) is 14.4. The molecule has 0 aliphatic heterocycles. The highest BCUT2D eigenvalue weighted by atomic mass is 79.9. The Morgan fingerprint density at radius 3 is 2.58 bits per heavy atom. The molecule has 0 aliphatic carbocycles. The Morgan fingerprint density at radius 2 is 1.95 bits per heavy atom. The van der Waals surface area contributed by atoms with Gasteiger partial charge < -0.3 is 4.74 Å². The van der Waals surface area contributed by atoms with E-state index in [9.17, 15) is 4.39 Å². The molecule has 1 nitrogen and oxygen atoms in total. The Balaban J connectivity index is 2.34. The normalized spacial score (nSPS) is 12.2. The molecule has 2 aromatic rings. The van der Waals surface area contributed by atoms with Gasteiger partial charge in [-0.2, -0.15) is 0 Å². The van der Waals surface area contributed by atoms with Gasteiger partial charge in [0, 0.05) is 10.0 Å². The third-order valence-electron chi connectivity index (χ3n) is 2.73. The minimum absolute atomic E-state index is 0.303. The molecule has 4 heteroatoms. The van der Waals surface area contributed by atoms with E-state index in [1.54, 1.807) is 18.2 Å². The largest absolute Gasteiger partial charge is 0.494 e. The molecule has 0 N–H and O–H groups in total. The third kappa shape index (κ3) is 3.28. The fraction of sp³-hybridized carbons (Fsp3) is 0.200. The standard InChI is InChI=1S/C15H13BrClFO/c1-2-19-10-7-8-11(13(16)9-10)15(17)12-5-3-4-6-14(12)18/h3-9,15H,2H2,1H3. The maximum Gasteiger partial charge on any atom is 0.128 e. The molecule has 0 spiro atoms. The SMILES string of the molecule is CCOc1ccc(C(Cl)c2ccccc2F)c(Br)c1. The van der Waals surface area contributed by atoms with Gasteiger partial charge in [0.2, 0.25) is 0 Å². The van der Waals surface area contributed by atoms with Crippen molar-refractivity contribution in [2.75, 3.05) is 6.61 Å². The molecule has 19 heavy (non-hydrogen) atoms. The number of hydrogen-bond donors (Lipinski definition) is 0. The lowest BCUT2D eigenvalue weighted by Crippen LogP contribution is -1.99. The Bertz CT molecular complexity index is 574. The number of alkyl halides is 1. The average molecular weight is 344 g/mol. The molecule has 0 saturated heterocycles. The van der Waals surface area contributed by atoms with Crippen LogP contribution in [0.4, 0.5) is 4.39 Å². The van der Waals surface area contributed by atoms with Crippen LogP contribution in [0.1, 0.15) is 23.4 Å². The van der Waals surface area contributed by atoms with Gasteiger partial charge in [-0.05, 0) is 30.7 Å². The summed E-state index contributed by atoms with van der Waals surface area (Å²) in [6.45, 7) is 2.52. The molecule has 0 radical (unpaired) electrons. The summed E-state index contributed by atoms with van der Waals surface area (Å²) in [5.74, 6) is 0.457. The fourth-order valence-corrected chi connectivity index (χ4v) is 2.90. The summed E-state index contributed by atoms with van der Waals surface area (Å²) in [7, 11) is 0. The van der Waals surface area contributed by atoms with Crippen LogP contribution in [0.15, 0.2) is 46.9 Å². The maximum atomic E-state index is 13.7. The van der Waals surface area contributed by atoms with Gasteiger partial charge in [0.25, 0.3) is 0 Å². The van der Waals surface area contributed by atoms with Gasteiger partial charge in [0.15, 0.2) is 0 Å². The van der Waals surface area contributed by atoms with Crippen LogP contribution in [0.25, 0.3) is 0 Å². The quantitative estimate of drug-likeness (QED) is 0.683. The topological polar surface area (TPSA) is 9.23 Å². The Morgan fingerprint density at radius 1 is 1.21 bits per heavy atom. The van der Waals surface area contributed by atoms with Crippen LogP contribution in [0, 0.1) is 5.82 Å². The molecule has 2 rings (SSSR count). The third-order valence-corrected chi connectivity index (χ3v) is 3.89. The highest BCUT2D eigenvalue weighted by molar-refractivity contribution is 9.10. The minimum Gasteiger partial charge on any atom is -0.494 e. The number of hydrogen-bond acceptors (Lipinski definition) is 1. The molecular formula is C15H13BrClFO. The van der Waals surface area contributed by atoms with Crippen LogP contribution in [-0.4, -0.2) is 6.61 Å². The van der Waals surface area contributed by atoms with E-state index in [4.69, 9.17) is 16.3 Å². The van der Waals surface area contributed by atoms with Crippen molar-refractivity contribution in [3.05, 3.63) is 63.9 Å². The molecule has 0 fully saturated rings. The average Bonchev–Trinajstić information content (AvgIpc) is 2.39. The Hall–Kier alpha value is -1.06. The van der Waals surface area contributed by atoms with Gasteiger partial charge in [-0.15, -0.1) is 11.6 Å². The van der Waals surface area contributed by atoms with E-state index in [0.29, 0.717) is 12.2 Å². The predicted molar refractivity (Wildman–Crippen MR) is 79.4 cm³/mol. The highest BCUT2D eigenvalue weighted by Crippen LogP contribution is 2.36. The maximum absolute atomic E-state index is 13.7. The second-order valence-electron chi connectivity index (χ2n) is 4.00. The molecule has 1 unspecified atom stereocenters. The summed E-state index contributed by atoms with van der Waals surface area (Å²) in [5.41, 5.74) is 1.28. The van der Waals surface area contributed by atoms with Crippen LogP contribution in [-0.2, 0) is 0 Å². The van der Waals surface area contributed by atoms with Crippen molar-refractivity contribution < 1.29 is 9.13 Å². The molecule has 0 aromatic heterocycles. The lowest BCUT2D eigenvalue weighted by molar-refractivity contribution is 0.340. The van der Waals surface area contributed by atoms with Crippen molar-refractivity contribution in [2.45, 2.75) is 12.3 Å². The lowest BCUT2D eigenvalue weighted by Gasteiger charge is -2.14. The van der Waals surface area contributed by atoms with Crippen LogP contribution in [0.3, 0.4) is 0 Å². The van der Waals surface area contributed by atoms with Gasteiger partial charge in [-0.1, -0.05) is 40.2 Å². The summed E-state index contributed by atoms with van der Waals surface area (Å²) < 4.78 is 19.9. The van der Waals surface area contributed by atoms with E-state index in [-0.39, 0.29) is 5.82 Å². The summed E-state index contributed by atoms with van der Waals surface area (Å²) in [5, 5.41) is -0.536. The van der Waals surface area contributed by atoms with Crippen LogP contribution in [0.5, 0.6) is 5.75 Å². The molecule has 1 atom stereocenters. The van der Waals surface area contributed by atoms with Gasteiger partial charge in [0.1, 0.15) is 11.6 Å². The molecule has 0 amide bonds. The van der Waals surface area contributed by atoms with E-state index in [0.717, 1.165) is 15.8 Å². The zero-order chi connectivity index (χ0) is 13.8. The molecule has 0 aliphatic rings. The van der Waals surface area contributed by atoms with Crippen molar-refractivity contribution in [3.8, 4) is 5.75 Å². The molecular weight excluding hydrogens is 331 g/mol. The number of benzene rings is 2. The number of ether oxygens (including phenoxy) is 1. The lowest BCUT2D eigenvalue weighted by atomic mass is 10.0. The van der Waals surface area contributed by atoms with Crippen LogP contribution in [0.2, 0.25) is 0 Å². The first-order valence-electron chi connectivity index (χ1n) is 5.94. The van der Waals surface area contributed by atoms with Gasteiger partial charge >= 0.3 is 0 Å². The molecule has 0 saturated carbocycles. The van der Waals surface area contributed by atoms with Crippen LogP contribution < -0.4 is 4.74 Å². The zero-order valence-electron chi connectivity index (χ0n) is 10.4. The number of halogens is 3. The Labute approximate surface area is 125 Å². The second kappa shape index (κ2) is 6.40. The first-order valence-corrected chi connectivity index (χ1v) is 7.17. The Kier molecular flexibility index (Phi) is 4.83. The summed E-state index contributed by atoms with van der Waals surface area (Å²) in [6.07, 6.45) is 0. The van der Waals surface area contributed by atoms with Crippen molar-refractivity contribution in [3.63, 3.8) is 0 Å². The van der Waals surface area contributed by atoms with Crippen molar-refractivity contribution in [2.24, 2.45) is 0 Å². The van der Waals surface area contributed by atoms with Crippen molar-refractivity contribution >= 4 is 27.5 Å². The van der Waals surface area contributed by atoms with Gasteiger partial charge in [0.05, 0.1) is 12.0 Å². The monoisotopic (exact) mass is 342 g/mol. The molecule has 0 bridgehead atoms. The van der Waals surface area contributed by atoms with Gasteiger partial charge in [-0.25, -0.2) is 4.39 Å². The fourth-order valence-electron chi connectivity index (χ4n) is 1.82. The van der Waals surface area contributed by atoms with Gasteiger partial charge in [-0.3, -0.25) is 0 Å². The van der Waals surface area contributed by atoms with E-state index in [1.165, 1.54) is 6.07 Å². The van der Waals surface area contributed by atoms with E-state index in [1.807, 2.05) is 25.1 Å². The summed E-state index contributed by atoms with van der Waals surface area (Å²) in [4.78, 5) is 0. The second-order valence-corrected chi connectivity index (χ2v) is 5.29. The van der Waals surface area contributed by atoms with Crippen molar-refractivity contribution in [1.29, 1.82) is 0 Å². The van der Waals surface area contributed by atoms with Crippen LogP contribution >= 0.6 is 27.5 Å². The zero-order valence-corrected chi connectivity index (χ0v) is 12.7. The molecule has 100 valence electrons. The summed E-state index contributed by atoms with van der Waals surface area (Å²) >= 11 is 9.81. The first-order chi connectivity index (χ1) is 9.13.